The lowest BCUT2D eigenvalue weighted by atomic mass is 9.65. The van der Waals surface area contributed by atoms with E-state index in [1.807, 2.05) is 0 Å². The van der Waals surface area contributed by atoms with Gasteiger partial charge in [-0.25, -0.2) is 0 Å². The van der Waals surface area contributed by atoms with E-state index < -0.39 is 0 Å². The van der Waals surface area contributed by atoms with Crippen molar-refractivity contribution in [2.24, 2.45) is 0 Å². The second-order valence-electron chi connectivity index (χ2n) is 21.5. The number of fused-ring (bicyclic) bond motifs is 1. The van der Waals surface area contributed by atoms with Crippen LogP contribution < -0.4 is 15.1 Å². The molecule has 0 unspecified atom stereocenters. The molecule has 0 atom stereocenters. The Morgan fingerprint density at radius 1 is 0.589 bits per heavy atom. The number of rotatable bonds is 11. The van der Waals surface area contributed by atoms with Crippen LogP contribution in [0.3, 0.4) is 0 Å². The molecule has 362 valence electrons. The number of aryl methyl sites for hydroxylation is 4. The quantitative estimate of drug-likeness (QED) is 0.130. The Kier molecular flexibility index (Phi) is 12.3. The summed E-state index contributed by atoms with van der Waals surface area (Å²) in [6.45, 7) is 20.9. The molecule has 3 heterocycles. The Balaban J connectivity index is 1.01. The molecule has 3 aliphatic heterocycles. The zero-order valence-corrected chi connectivity index (χ0v) is 44.1. The van der Waals surface area contributed by atoms with Crippen molar-refractivity contribution in [1.82, 2.24) is 0 Å². The molecule has 0 spiro atoms. The van der Waals surface area contributed by atoms with Crippen molar-refractivity contribution < 1.29 is 0 Å². The summed E-state index contributed by atoms with van der Waals surface area (Å²) in [5.74, 6) is 0. The van der Waals surface area contributed by atoms with Crippen LogP contribution in [0.4, 0.5) is 34.1 Å². The Bertz CT molecular complexity index is 3580. The molecule has 0 radical (unpaired) electrons. The summed E-state index contributed by atoms with van der Waals surface area (Å²) >= 11 is 0. The van der Waals surface area contributed by atoms with Gasteiger partial charge in [-0.3, -0.25) is 0 Å². The van der Waals surface area contributed by atoms with Crippen LogP contribution >= 0.6 is 0 Å². The van der Waals surface area contributed by atoms with E-state index in [1.54, 1.807) is 0 Å². The maximum Gasteiger partial charge on any atom is 0.0540 e. The van der Waals surface area contributed by atoms with Crippen molar-refractivity contribution in [2.75, 3.05) is 15.1 Å². The van der Waals surface area contributed by atoms with Crippen LogP contribution in [0.15, 0.2) is 211 Å². The van der Waals surface area contributed by atoms with Gasteiger partial charge in [0, 0.05) is 45.2 Å². The highest BCUT2D eigenvalue weighted by molar-refractivity contribution is 6.07. The van der Waals surface area contributed by atoms with E-state index in [0.29, 0.717) is 0 Å². The Hall–Kier alpha value is -7.88. The minimum Gasteiger partial charge on any atom is -0.361 e. The van der Waals surface area contributed by atoms with Crippen molar-refractivity contribution in [3.8, 4) is 11.1 Å². The van der Waals surface area contributed by atoms with Crippen LogP contribution in [-0.2, 0) is 17.3 Å². The van der Waals surface area contributed by atoms with Crippen molar-refractivity contribution in [2.45, 2.75) is 92.4 Å². The van der Waals surface area contributed by atoms with Gasteiger partial charge in [-0.05, 0) is 167 Å². The van der Waals surface area contributed by atoms with Crippen LogP contribution in [0, 0.1) is 20.8 Å². The zero-order chi connectivity index (χ0) is 50.6. The molecule has 0 saturated carbocycles. The highest BCUT2D eigenvalue weighted by Crippen LogP contribution is 2.60. The van der Waals surface area contributed by atoms with Gasteiger partial charge in [-0.15, -0.1) is 0 Å². The van der Waals surface area contributed by atoms with E-state index in [9.17, 15) is 0 Å². The van der Waals surface area contributed by atoms with Crippen LogP contribution in [0.2, 0.25) is 0 Å². The average Bonchev–Trinajstić information content (AvgIpc) is 3.46. The first-order chi connectivity index (χ1) is 35.3. The number of anilines is 6. The number of nitrogens with zero attached hydrogens (tertiary/aromatic N) is 2. The highest BCUT2D eigenvalue weighted by Gasteiger charge is 2.47. The maximum atomic E-state index is 3.45. The van der Waals surface area contributed by atoms with E-state index >= 15 is 0 Å². The first-order valence-electron chi connectivity index (χ1n) is 26.3. The molecular formula is C70H67N3. The van der Waals surface area contributed by atoms with E-state index in [1.165, 1.54) is 117 Å². The Morgan fingerprint density at radius 3 is 1.92 bits per heavy atom. The molecule has 73 heavy (non-hydrogen) atoms. The molecule has 3 nitrogen and oxygen atoms in total. The predicted molar refractivity (Wildman–Crippen MR) is 314 cm³/mol. The molecule has 2 bridgehead atoms. The standard InChI is InChI=1S/C70H67N3/c1-10-63-60-43-52(51-36-34-50(35-37-51)26-15-11-22-46(2)45-71-62-31-18-12-23-47(62)3)38-39-53-42-54(44-61-67(53)73(63)68-58(69(60,6)7)29-21-30-59(68)70(61,8)9)55-40-41-66(57-28-17-16-27-56(55)57)72(64-32-19-13-24-48(64)4)65-33-20-14-25-49(65)5/h11-37,40-45,71H,10,38-39H2,1-9H3/b22-11-,26-15-,46-45+,52-43+. The molecule has 3 aliphatic rings. The number of para-hydroxylation sites is 4. The molecule has 11 rings (SSSR count). The number of nitrogens with one attached hydrogen (secondary N) is 1. The first kappa shape index (κ1) is 47.4. The molecule has 8 aromatic carbocycles. The average molecular weight is 950 g/mol. The van der Waals surface area contributed by atoms with Gasteiger partial charge in [0.05, 0.1) is 17.1 Å². The summed E-state index contributed by atoms with van der Waals surface area (Å²) in [5.41, 5.74) is 26.7. The van der Waals surface area contributed by atoms with Gasteiger partial charge in [0.1, 0.15) is 0 Å². The summed E-state index contributed by atoms with van der Waals surface area (Å²) in [4.78, 5) is 5.18. The molecule has 0 fully saturated rings. The third kappa shape index (κ3) is 8.35. The molecular weight excluding hydrogens is 883 g/mol. The van der Waals surface area contributed by atoms with Crippen molar-refractivity contribution in [3.63, 3.8) is 0 Å². The molecule has 0 amide bonds. The first-order valence-corrected chi connectivity index (χ1v) is 26.3. The van der Waals surface area contributed by atoms with Gasteiger partial charge in [-0.2, -0.15) is 0 Å². The molecule has 1 N–H and O–H groups in total. The second-order valence-corrected chi connectivity index (χ2v) is 21.5. The van der Waals surface area contributed by atoms with Crippen LogP contribution in [0.1, 0.15) is 104 Å². The summed E-state index contributed by atoms with van der Waals surface area (Å²) in [7, 11) is 0. The maximum absolute atomic E-state index is 3.45. The molecule has 0 saturated heterocycles. The van der Waals surface area contributed by atoms with Crippen molar-refractivity contribution >= 4 is 56.5 Å². The van der Waals surface area contributed by atoms with Gasteiger partial charge in [0.2, 0.25) is 0 Å². The van der Waals surface area contributed by atoms with Crippen molar-refractivity contribution in [3.05, 3.63) is 261 Å². The minimum absolute atomic E-state index is 0.196. The summed E-state index contributed by atoms with van der Waals surface area (Å²) in [6.07, 6.45) is 16.0. The van der Waals surface area contributed by atoms with Gasteiger partial charge >= 0.3 is 0 Å². The fourth-order valence-electron chi connectivity index (χ4n) is 12.0. The van der Waals surface area contributed by atoms with Gasteiger partial charge < -0.3 is 15.1 Å². The summed E-state index contributed by atoms with van der Waals surface area (Å²) in [5, 5.41) is 5.93. The summed E-state index contributed by atoms with van der Waals surface area (Å²) in [6, 6.07) is 61.2. The number of benzene rings is 8. The van der Waals surface area contributed by atoms with Gasteiger partial charge in [-0.1, -0.05) is 192 Å². The lowest BCUT2D eigenvalue weighted by Gasteiger charge is -2.50. The van der Waals surface area contributed by atoms with Crippen LogP contribution in [-0.4, -0.2) is 0 Å². The summed E-state index contributed by atoms with van der Waals surface area (Å²) < 4.78 is 0. The molecule has 0 aromatic heterocycles. The highest BCUT2D eigenvalue weighted by atomic mass is 15.2. The molecule has 0 aliphatic carbocycles. The Morgan fingerprint density at radius 2 is 1.23 bits per heavy atom. The minimum atomic E-state index is -0.243. The van der Waals surface area contributed by atoms with Gasteiger partial charge in [0.25, 0.3) is 0 Å². The number of hydrogen-bond acceptors (Lipinski definition) is 3. The fraction of sp³-hybridized carbons (Fsp3) is 0.200. The topological polar surface area (TPSA) is 18.5 Å². The normalized spacial score (nSPS) is 16.3. The molecule has 3 heteroatoms. The number of hydrogen-bond donors (Lipinski definition) is 1. The van der Waals surface area contributed by atoms with Crippen molar-refractivity contribution in [1.29, 1.82) is 0 Å². The zero-order valence-electron chi connectivity index (χ0n) is 44.1. The van der Waals surface area contributed by atoms with Gasteiger partial charge in [0.15, 0.2) is 0 Å². The Labute approximate surface area is 434 Å². The van der Waals surface area contributed by atoms with E-state index in [-0.39, 0.29) is 10.8 Å². The second kappa shape index (κ2) is 18.9. The van der Waals surface area contributed by atoms with Crippen LogP contribution in [0.25, 0.3) is 33.5 Å². The molecule has 8 aromatic rings. The van der Waals surface area contributed by atoms with E-state index in [0.717, 1.165) is 30.5 Å². The monoisotopic (exact) mass is 950 g/mol. The smallest absolute Gasteiger partial charge is 0.0540 e. The fourth-order valence-corrected chi connectivity index (χ4v) is 12.0. The van der Waals surface area contributed by atoms with E-state index in [2.05, 4.69) is 278 Å². The van der Waals surface area contributed by atoms with Crippen LogP contribution in [0.5, 0.6) is 0 Å². The SMILES string of the molecule is CCC1=C2/C=C(/c3ccc(\C=C/C=C\C(C)=C\Nc4ccccc4C)cc3)CCc3cc(-c4ccc(N(c5ccccc5C)c5ccccc5C)c5ccccc45)cc4c3N1c1c(cccc1C4(C)C)C2(C)C. The van der Waals surface area contributed by atoms with E-state index in [4.69, 9.17) is 0 Å². The lowest BCUT2D eigenvalue weighted by Crippen LogP contribution is -2.40. The third-order valence-corrected chi connectivity index (χ3v) is 16.1. The third-order valence-electron chi connectivity index (χ3n) is 16.1. The predicted octanol–water partition coefficient (Wildman–Crippen LogP) is 19.2. The number of allylic oxidation sites excluding steroid dienone is 8. The lowest BCUT2D eigenvalue weighted by molar-refractivity contribution is 0.581. The largest absolute Gasteiger partial charge is 0.361 e.